The second-order valence-corrected chi connectivity index (χ2v) is 3.63. The molecule has 3 heteroatoms. The van der Waals surface area contributed by atoms with Gasteiger partial charge in [0.2, 0.25) is 0 Å². The first kappa shape index (κ1) is 9.10. The van der Waals surface area contributed by atoms with E-state index < -0.39 is 0 Å². The third kappa shape index (κ3) is 1.60. The Kier molecular flexibility index (Phi) is 2.40. The number of aromatic amines is 1. The van der Waals surface area contributed by atoms with Gasteiger partial charge in [0.15, 0.2) is 0 Å². The minimum Gasteiger partial charge on any atom is -0.300 e. The minimum absolute atomic E-state index is 0.0636. The molecule has 1 aromatic rings. The second kappa shape index (κ2) is 3.17. The van der Waals surface area contributed by atoms with E-state index in [4.69, 9.17) is 0 Å². The maximum absolute atomic E-state index is 11.3. The van der Waals surface area contributed by atoms with Crippen LogP contribution in [-0.4, -0.2) is 9.78 Å². The van der Waals surface area contributed by atoms with Gasteiger partial charge in [-0.25, -0.2) is 4.68 Å². The Bertz CT molecular complexity index is 309. The smallest absolute Gasteiger partial charge is 0.266 e. The number of nitrogens with zero attached hydrogens (tertiary/aromatic N) is 1. The molecule has 0 amide bonds. The van der Waals surface area contributed by atoms with Crippen LogP contribution in [0.4, 0.5) is 0 Å². The van der Waals surface area contributed by atoms with Gasteiger partial charge >= 0.3 is 0 Å². The molecule has 0 fully saturated rings. The van der Waals surface area contributed by atoms with Crippen LogP contribution in [0.5, 0.6) is 0 Å². The molecule has 1 heterocycles. The van der Waals surface area contributed by atoms with Crippen molar-refractivity contribution in [3.8, 4) is 0 Å². The zero-order chi connectivity index (χ0) is 9.30. The van der Waals surface area contributed by atoms with Crippen molar-refractivity contribution in [2.45, 2.75) is 33.7 Å². The topological polar surface area (TPSA) is 37.8 Å². The molecule has 1 N–H and O–H groups in total. The molecule has 0 radical (unpaired) electrons. The Morgan fingerprint density at radius 3 is 2.33 bits per heavy atom. The van der Waals surface area contributed by atoms with Crippen molar-refractivity contribution >= 4 is 0 Å². The maximum atomic E-state index is 11.3. The first-order chi connectivity index (χ1) is 5.52. The van der Waals surface area contributed by atoms with Gasteiger partial charge in [0.05, 0.1) is 6.04 Å². The summed E-state index contributed by atoms with van der Waals surface area (Å²) in [5.74, 6) is 0.473. The normalized spacial score (nSPS) is 13.8. The summed E-state index contributed by atoms with van der Waals surface area (Å²) in [7, 11) is 0. The molecular formula is C9H16N2O. The molecule has 0 spiro atoms. The van der Waals surface area contributed by atoms with E-state index in [0.29, 0.717) is 5.92 Å². The lowest BCUT2D eigenvalue weighted by atomic mass is 10.1. The van der Waals surface area contributed by atoms with Crippen molar-refractivity contribution in [2.75, 3.05) is 0 Å². The van der Waals surface area contributed by atoms with Gasteiger partial charge in [-0.05, 0) is 19.8 Å². The Morgan fingerprint density at radius 2 is 2.00 bits per heavy atom. The van der Waals surface area contributed by atoms with Crippen molar-refractivity contribution in [1.82, 2.24) is 9.78 Å². The average Bonchev–Trinajstić information content (AvgIpc) is 2.28. The van der Waals surface area contributed by atoms with E-state index in [1.54, 1.807) is 10.7 Å². The zero-order valence-corrected chi connectivity index (χ0v) is 8.09. The fourth-order valence-corrected chi connectivity index (χ4v) is 1.13. The lowest BCUT2D eigenvalue weighted by Gasteiger charge is -2.15. The maximum Gasteiger partial charge on any atom is 0.266 e. The highest BCUT2D eigenvalue weighted by Gasteiger charge is 2.11. The van der Waals surface area contributed by atoms with Gasteiger partial charge < -0.3 is 0 Å². The van der Waals surface area contributed by atoms with Crippen LogP contribution >= 0.6 is 0 Å². The lowest BCUT2D eigenvalue weighted by Crippen LogP contribution is -2.23. The second-order valence-electron chi connectivity index (χ2n) is 3.63. The van der Waals surface area contributed by atoms with E-state index in [1.807, 2.05) is 13.8 Å². The monoisotopic (exact) mass is 168 g/mol. The van der Waals surface area contributed by atoms with E-state index >= 15 is 0 Å². The molecule has 0 saturated heterocycles. The number of aryl methyl sites for hydroxylation is 1. The first-order valence-corrected chi connectivity index (χ1v) is 4.30. The molecule has 0 saturated carbocycles. The molecule has 12 heavy (non-hydrogen) atoms. The highest BCUT2D eigenvalue weighted by atomic mass is 16.1. The SMILES string of the molecule is Cc1cc(=O)n(C(C)C(C)C)[nH]1. The average molecular weight is 168 g/mol. The fourth-order valence-electron chi connectivity index (χ4n) is 1.13. The Balaban J connectivity index is 3.02. The molecule has 1 rings (SSSR count). The van der Waals surface area contributed by atoms with Crippen LogP contribution < -0.4 is 5.56 Å². The van der Waals surface area contributed by atoms with Crippen LogP contribution in [-0.2, 0) is 0 Å². The standard InChI is InChI=1S/C9H16N2O/c1-6(2)8(4)11-9(12)5-7(3)10-11/h5-6,8,10H,1-4H3. The van der Waals surface area contributed by atoms with E-state index in [2.05, 4.69) is 18.9 Å². The molecule has 0 bridgehead atoms. The highest BCUT2D eigenvalue weighted by Crippen LogP contribution is 2.12. The number of aromatic nitrogens is 2. The van der Waals surface area contributed by atoms with Crippen LogP contribution in [0.2, 0.25) is 0 Å². The predicted octanol–water partition coefficient (Wildman–Crippen LogP) is 1.70. The van der Waals surface area contributed by atoms with Gasteiger partial charge in [-0.1, -0.05) is 13.8 Å². The van der Waals surface area contributed by atoms with Gasteiger partial charge in [0, 0.05) is 11.8 Å². The highest BCUT2D eigenvalue weighted by molar-refractivity contribution is 4.96. The lowest BCUT2D eigenvalue weighted by molar-refractivity contribution is 0.366. The molecule has 3 nitrogen and oxygen atoms in total. The predicted molar refractivity (Wildman–Crippen MR) is 49.3 cm³/mol. The van der Waals surface area contributed by atoms with Crippen molar-refractivity contribution in [1.29, 1.82) is 0 Å². The van der Waals surface area contributed by atoms with Crippen molar-refractivity contribution in [3.05, 3.63) is 22.1 Å². The van der Waals surface area contributed by atoms with Crippen LogP contribution in [0.3, 0.4) is 0 Å². The van der Waals surface area contributed by atoms with Gasteiger partial charge in [-0.3, -0.25) is 9.89 Å². The fraction of sp³-hybridized carbons (Fsp3) is 0.667. The van der Waals surface area contributed by atoms with Crippen molar-refractivity contribution in [2.24, 2.45) is 5.92 Å². The molecule has 0 aromatic carbocycles. The van der Waals surface area contributed by atoms with Gasteiger partial charge in [-0.15, -0.1) is 0 Å². The third-order valence-corrected chi connectivity index (χ3v) is 2.25. The van der Waals surface area contributed by atoms with E-state index in [1.165, 1.54) is 0 Å². The van der Waals surface area contributed by atoms with Crippen LogP contribution in [0.1, 0.15) is 32.5 Å². The van der Waals surface area contributed by atoms with Crippen LogP contribution in [0, 0.1) is 12.8 Å². The van der Waals surface area contributed by atoms with Gasteiger partial charge in [0.25, 0.3) is 5.56 Å². The van der Waals surface area contributed by atoms with E-state index in [9.17, 15) is 4.79 Å². The van der Waals surface area contributed by atoms with Gasteiger partial charge in [-0.2, -0.15) is 0 Å². The molecular weight excluding hydrogens is 152 g/mol. The molecule has 0 aliphatic rings. The van der Waals surface area contributed by atoms with E-state index in [0.717, 1.165) is 5.69 Å². The molecule has 0 aliphatic carbocycles. The Hall–Kier alpha value is -0.990. The Morgan fingerprint density at radius 1 is 1.42 bits per heavy atom. The summed E-state index contributed by atoms with van der Waals surface area (Å²) in [5, 5.41) is 3.03. The Labute approximate surface area is 72.4 Å². The largest absolute Gasteiger partial charge is 0.300 e. The number of nitrogens with one attached hydrogen (secondary N) is 1. The zero-order valence-electron chi connectivity index (χ0n) is 8.09. The number of hydrogen-bond acceptors (Lipinski definition) is 1. The number of H-pyrrole nitrogens is 1. The summed E-state index contributed by atoms with van der Waals surface area (Å²) in [4.78, 5) is 11.3. The molecule has 1 atom stereocenters. The van der Waals surface area contributed by atoms with E-state index in [-0.39, 0.29) is 11.6 Å². The summed E-state index contributed by atoms with van der Waals surface area (Å²) in [6.45, 7) is 8.15. The summed E-state index contributed by atoms with van der Waals surface area (Å²) >= 11 is 0. The number of rotatable bonds is 2. The summed E-state index contributed by atoms with van der Waals surface area (Å²) in [6, 6.07) is 1.87. The van der Waals surface area contributed by atoms with Gasteiger partial charge in [0.1, 0.15) is 0 Å². The quantitative estimate of drug-likeness (QED) is 0.717. The van der Waals surface area contributed by atoms with Crippen LogP contribution in [0.15, 0.2) is 10.9 Å². The molecule has 1 unspecified atom stereocenters. The minimum atomic E-state index is 0.0636. The molecule has 0 aliphatic heterocycles. The summed E-state index contributed by atoms with van der Waals surface area (Å²) in [6.07, 6.45) is 0. The molecule has 68 valence electrons. The molecule has 1 aromatic heterocycles. The van der Waals surface area contributed by atoms with Crippen molar-refractivity contribution < 1.29 is 0 Å². The number of hydrogen-bond donors (Lipinski definition) is 1. The van der Waals surface area contributed by atoms with Crippen LogP contribution in [0.25, 0.3) is 0 Å². The summed E-state index contributed by atoms with van der Waals surface area (Å²) in [5.41, 5.74) is 0.987. The first-order valence-electron chi connectivity index (χ1n) is 4.30. The van der Waals surface area contributed by atoms with Crippen molar-refractivity contribution in [3.63, 3.8) is 0 Å². The summed E-state index contributed by atoms with van der Waals surface area (Å²) < 4.78 is 1.68. The third-order valence-electron chi connectivity index (χ3n) is 2.25.